The smallest absolute Gasteiger partial charge is 0.158 e. The van der Waals surface area contributed by atoms with Crippen LogP contribution in [0.4, 0.5) is 0 Å². The number of halogens is 1. The predicted molar refractivity (Wildman–Crippen MR) is 76.8 cm³/mol. The van der Waals surface area contributed by atoms with E-state index in [0.29, 0.717) is 6.42 Å². The Hall–Kier alpha value is -0.680. The number of likely N-dealkylation sites (N-methyl/N-ethyl adjacent to an activating group) is 1. The van der Waals surface area contributed by atoms with Gasteiger partial charge in [-0.05, 0) is 50.2 Å². The minimum Gasteiger partial charge on any atom is -0.306 e. The van der Waals surface area contributed by atoms with Crippen LogP contribution in [0.1, 0.15) is 39.1 Å². The van der Waals surface area contributed by atoms with Crippen molar-refractivity contribution < 1.29 is 4.79 Å². The van der Waals surface area contributed by atoms with Crippen molar-refractivity contribution in [3.05, 3.63) is 15.9 Å². The molecular formula is C13H22BrN3O. The number of ketones is 1. The van der Waals surface area contributed by atoms with E-state index in [-0.39, 0.29) is 5.78 Å². The molecule has 4 nitrogen and oxygen atoms in total. The third-order valence-electron chi connectivity index (χ3n) is 3.10. The number of hydrogen-bond donors (Lipinski definition) is 1. The van der Waals surface area contributed by atoms with E-state index in [1.54, 1.807) is 0 Å². The molecule has 0 aromatic carbocycles. The molecule has 0 bridgehead atoms. The van der Waals surface area contributed by atoms with Gasteiger partial charge in [0.1, 0.15) is 0 Å². The molecule has 0 spiro atoms. The Labute approximate surface area is 117 Å². The summed E-state index contributed by atoms with van der Waals surface area (Å²) < 4.78 is 2.84. The average Bonchev–Trinajstić information content (AvgIpc) is 2.56. The molecule has 102 valence electrons. The van der Waals surface area contributed by atoms with E-state index in [2.05, 4.69) is 26.3 Å². The Morgan fingerprint density at radius 1 is 1.44 bits per heavy atom. The lowest BCUT2D eigenvalue weighted by molar-refractivity contribution is -0.123. The standard InChI is InChI=1S/C13H22BrN3O/c1-6-15-13(4,5)11(18)8-10-12(14)9(3)16-17(10)7-2/h15H,6-8H2,1-5H3. The van der Waals surface area contributed by atoms with Crippen LogP contribution in [0.15, 0.2) is 4.47 Å². The van der Waals surface area contributed by atoms with Crippen LogP contribution in [-0.2, 0) is 17.8 Å². The Balaban J connectivity index is 2.94. The Kier molecular flexibility index (Phi) is 5.10. The molecule has 0 radical (unpaired) electrons. The molecule has 0 aliphatic rings. The van der Waals surface area contributed by atoms with Gasteiger partial charge in [0, 0.05) is 6.54 Å². The van der Waals surface area contributed by atoms with Gasteiger partial charge in [-0.3, -0.25) is 9.48 Å². The molecule has 0 amide bonds. The van der Waals surface area contributed by atoms with Crippen LogP contribution in [-0.4, -0.2) is 27.6 Å². The second-order valence-electron chi connectivity index (χ2n) is 4.92. The summed E-state index contributed by atoms with van der Waals surface area (Å²) in [6.07, 6.45) is 0.398. The maximum atomic E-state index is 12.3. The molecule has 0 saturated heterocycles. The zero-order chi connectivity index (χ0) is 13.9. The molecule has 18 heavy (non-hydrogen) atoms. The summed E-state index contributed by atoms with van der Waals surface area (Å²) in [7, 11) is 0. The van der Waals surface area contributed by atoms with Gasteiger partial charge in [0.05, 0.1) is 27.8 Å². The normalized spacial score (nSPS) is 11.9. The molecule has 1 rings (SSSR count). The minimum absolute atomic E-state index is 0.180. The first-order valence-corrected chi connectivity index (χ1v) is 7.12. The summed E-state index contributed by atoms with van der Waals surface area (Å²) in [6.45, 7) is 11.4. The summed E-state index contributed by atoms with van der Waals surface area (Å²) in [5, 5.41) is 7.62. The third-order valence-corrected chi connectivity index (χ3v) is 4.13. The van der Waals surface area contributed by atoms with E-state index >= 15 is 0 Å². The second kappa shape index (κ2) is 5.97. The SMILES string of the molecule is CCNC(C)(C)C(=O)Cc1c(Br)c(C)nn1CC. The predicted octanol–water partition coefficient (Wildman–Crippen LogP) is 2.47. The number of carbonyl (C=O) groups excluding carboxylic acids is 1. The highest BCUT2D eigenvalue weighted by Gasteiger charge is 2.28. The monoisotopic (exact) mass is 315 g/mol. The largest absolute Gasteiger partial charge is 0.306 e. The van der Waals surface area contributed by atoms with E-state index in [1.165, 1.54) is 0 Å². The quantitative estimate of drug-likeness (QED) is 0.877. The molecule has 5 heteroatoms. The molecule has 0 atom stereocenters. The molecule has 1 aromatic rings. The van der Waals surface area contributed by atoms with Crippen molar-refractivity contribution in [1.29, 1.82) is 0 Å². The second-order valence-corrected chi connectivity index (χ2v) is 5.71. The van der Waals surface area contributed by atoms with Crippen molar-refractivity contribution in [3.63, 3.8) is 0 Å². The molecule has 1 N–H and O–H groups in total. The first kappa shape index (κ1) is 15.4. The van der Waals surface area contributed by atoms with Gasteiger partial charge in [-0.25, -0.2) is 0 Å². The van der Waals surface area contributed by atoms with E-state index in [4.69, 9.17) is 0 Å². The zero-order valence-corrected chi connectivity index (χ0v) is 13.4. The number of rotatable bonds is 6. The van der Waals surface area contributed by atoms with Crippen molar-refractivity contribution in [2.24, 2.45) is 0 Å². The van der Waals surface area contributed by atoms with Crippen molar-refractivity contribution >= 4 is 21.7 Å². The third kappa shape index (κ3) is 3.20. The van der Waals surface area contributed by atoms with Gasteiger partial charge in [-0.15, -0.1) is 0 Å². The maximum absolute atomic E-state index is 12.3. The highest BCUT2D eigenvalue weighted by Crippen LogP contribution is 2.23. The van der Waals surface area contributed by atoms with E-state index in [0.717, 1.165) is 29.0 Å². The van der Waals surface area contributed by atoms with Gasteiger partial charge >= 0.3 is 0 Å². The molecule has 0 aliphatic heterocycles. The lowest BCUT2D eigenvalue weighted by atomic mass is 9.95. The van der Waals surface area contributed by atoms with Gasteiger partial charge in [-0.1, -0.05) is 6.92 Å². The maximum Gasteiger partial charge on any atom is 0.158 e. The molecule has 0 unspecified atom stereocenters. The fraction of sp³-hybridized carbons (Fsp3) is 0.692. The van der Waals surface area contributed by atoms with E-state index in [1.807, 2.05) is 39.3 Å². The summed E-state index contributed by atoms with van der Waals surface area (Å²) in [4.78, 5) is 12.3. The van der Waals surface area contributed by atoms with Gasteiger partial charge in [0.25, 0.3) is 0 Å². The number of aromatic nitrogens is 2. The fourth-order valence-electron chi connectivity index (χ4n) is 1.95. The van der Waals surface area contributed by atoms with Crippen molar-refractivity contribution in [2.45, 2.75) is 53.1 Å². The first-order valence-electron chi connectivity index (χ1n) is 6.33. The van der Waals surface area contributed by atoms with E-state index < -0.39 is 5.54 Å². The van der Waals surface area contributed by atoms with Crippen LogP contribution < -0.4 is 5.32 Å². The van der Waals surface area contributed by atoms with Gasteiger partial charge < -0.3 is 5.32 Å². The average molecular weight is 316 g/mol. The van der Waals surface area contributed by atoms with Gasteiger partial charge in [0.15, 0.2) is 5.78 Å². The summed E-state index contributed by atoms with van der Waals surface area (Å²) in [5.74, 6) is 0.180. The molecule has 1 aromatic heterocycles. The minimum atomic E-state index is -0.495. The van der Waals surface area contributed by atoms with Crippen LogP contribution in [0.5, 0.6) is 0 Å². The van der Waals surface area contributed by atoms with Crippen molar-refractivity contribution in [1.82, 2.24) is 15.1 Å². The van der Waals surface area contributed by atoms with Gasteiger partial charge in [-0.2, -0.15) is 5.10 Å². The van der Waals surface area contributed by atoms with Crippen molar-refractivity contribution in [3.8, 4) is 0 Å². The Morgan fingerprint density at radius 3 is 2.56 bits per heavy atom. The molecule has 0 saturated carbocycles. The molecule has 0 aliphatic carbocycles. The Bertz CT molecular complexity index is 438. The topological polar surface area (TPSA) is 46.9 Å². The number of hydrogen-bond acceptors (Lipinski definition) is 3. The molecular weight excluding hydrogens is 294 g/mol. The summed E-state index contributed by atoms with van der Waals surface area (Å²) >= 11 is 3.52. The van der Waals surface area contributed by atoms with Crippen LogP contribution in [0.2, 0.25) is 0 Å². The lowest BCUT2D eigenvalue weighted by Gasteiger charge is -2.24. The van der Waals surface area contributed by atoms with Crippen molar-refractivity contribution in [2.75, 3.05) is 6.54 Å². The molecule has 1 heterocycles. The number of carbonyl (C=O) groups is 1. The van der Waals surface area contributed by atoms with Crippen LogP contribution >= 0.6 is 15.9 Å². The zero-order valence-electron chi connectivity index (χ0n) is 11.8. The fourth-order valence-corrected chi connectivity index (χ4v) is 2.38. The summed E-state index contributed by atoms with van der Waals surface area (Å²) in [5.41, 5.74) is 1.40. The highest BCUT2D eigenvalue weighted by molar-refractivity contribution is 9.10. The molecule has 0 fully saturated rings. The first-order chi connectivity index (χ1) is 8.33. The highest BCUT2D eigenvalue weighted by atomic mass is 79.9. The number of nitrogens with zero attached hydrogens (tertiary/aromatic N) is 2. The van der Waals surface area contributed by atoms with Crippen LogP contribution in [0.25, 0.3) is 0 Å². The van der Waals surface area contributed by atoms with Crippen LogP contribution in [0, 0.1) is 6.92 Å². The number of Topliss-reactive ketones (excluding diaryl/α,β-unsaturated/α-hetero) is 1. The number of aryl methyl sites for hydroxylation is 2. The number of nitrogens with one attached hydrogen (secondary N) is 1. The van der Waals surface area contributed by atoms with Crippen LogP contribution in [0.3, 0.4) is 0 Å². The lowest BCUT2D eigenvalue weighted by Crippen LogP contribution is -2.47. The summed E-state index contributed by atoms with van der Waals surface area (Å²) in [6, 6.07) is 0. The Morgan fingerprint density at radius 2 is 2.06 bits per heavy atom. The van der Waals surface area contributed by atoms with Gasteiger partial charge in [0.2, 0.25) is 0 Å². The van der Waals surface area contributed by atoms with E-state index in [9.17, 15) is 4.79 Å².